The Bertz CT molecular complexity index is 1220. The molecule has 3 amide bonds. The number of nitrogens with one attached hydrogen (secondary N) is 3. The van der Waals surface area contributed by atoms with Crippen molar-refractivity contribution < 1.29 is 38.4 Å². The summed E-state index contributed by atoms with van der Waals surface area (Å²) in [5, 5.41) is 17.9. The molecule has 2 aromatic rings. The highest BCUT2D eigenvalue weighted by Gasteiger charge is 2.55. The van der Waals surface area contributed by atoms with E-state index in [1.807, 2.05) is 36.4 Å². The molecule has 0 aliphatic heterocycles. The van der Waals surface area contributed by atoms with Crippen molar-refractivity contribution in [2.75, 3.05) is 65.9 Å². The Labute approximate surface area is 259 Å². The van der Waals surface area contributed by atoms with Gasteiger partial charge in [-0.2, -0.15) is 0 Å². The zero-order chi connectivity index (χ0) is 31.5. The van der Waals surface area contributed by atoms with Crippen molar-refractivity contribution in [3.63, 3.8) is 0 Å². The zero-order valence-corrected chi connectivity index (χ0v) is 25.8. The number of hydrogen-bond donors (Lipinski definition) is 4. The van der Waals surface area contributed by atoms with E-state index in [4.69, 9.17) is 18.9 Å². The van der Waals surface area contributed by atoms with E-state index in [0.717, 1.165) is 22.3 Å². The quantitative estimate of drug-likeness (QED) is 0.200. The van der Waals surface area contributed by atoms with Crippen molar-refractivity contribution >= 4 is 17.9 Å². The van der Waals surface area contributed by atoms with Crippen LogP contribution in [0.3, 0.4) is 0 Å². The van der Waals surface area contributed by atoms with Gasteiger partial charge in [0.1, 0.15) is 13.2 Å². The van der Waals surface area contributed by atoms with Crippen LogP contribution in [0, 0.1) is 17.3 Å². The molecule has 3 unspecified atom stereocenters. The summed E-state index contributed by atoms with van der Waals surface area (Å²) in [6, 6.07) is 16.2. The lowest BCUT2D eigenvalue weighted by molar-refractivity contribution is -0.126. The number of carbonyl (C=O) groups excluding carboxylic acids is 3. The molecule has 44 heavy (non-hydrogen) atoms. The summed E-state index contributed by atoms with van der Waals surface area (Å²) >= 11 is 0. The maximum absolute atomic E-state index is 12.2. The van der Waals surface area contributed by atoms with E-state index in [2.05, 4.69) is 48.9 Å². The molecule has 1 saturated carbocycles. The van der Waals surface area contributed by atoms with Crippen molar-refractivity contribution in [2.24, 2.45) is 17.3 Å². The molecular weight excluding hydrogens is 566 g/mol. The number of carbonyl (C=O) groups is 3. The molecule has 0 heterocycles. The number of benzene rings is 2. The van der Waals surface area contributed by atoms with Crippen molar-refractivity contribution in [3.8, 4) is 11.1 Å². The van der Waals surface area contributed by atoms with Gasteiger partial charge < -0.3 is 40.0 Å². The summed E-state index contributed by atoms with van der Waals surface area (Å²) in [5.74, 6) is -0.324. The van der Waals surface area contributed by atoms with E-state index in [9.17, 15) is 19.5 Å². The standard InChI is InChI=1S/C33H45N3O8/c1-33(2,3)30-27(31(30)39)19-43-21-29(38)35-13-15-42-17-16-41-14-12-34-28(37)18-36-32(40)44-20-26-24-10-6-4-8-22(24)23-9-5-7-11-25(23)26/h4-11,26-27,30-31,39H,12-21H2,1-3H3,(H,34,37)(H,35,38)(H,36,40). The summed E-state index contributed by atoms with van der Waals surface area (Å²) in [5.41, 5.74) is 4.57. The molecule has 0 bridgehead atoms. The predicted octanol–water partition coefficient (Wildman–Crippen LogP) is 2.46. The summed E-state index contributed by atoms with van der Waals surface area (Å²) in [4.78, 5) is 36.2. The molecule has 4 N–H and O–H groups in total. The second kappa shape index (κ2) is 16.0. The van der Waals surface area contributed by atoms with E-state index in [0.29, 0.717) is 39.6 Å². The fraction of sp³-hybridized carbons (Fsp3) is 0.545. The molecule has 4 rings (SSSR count). The molecule has 240 valence electrons. The van der Waals surface area contributed by atoms with Gasteiger partial charge in [0.25, 0.3) is 0 Å². The average Bonchev–Trinajstić information content (AvgIpc) is 3.55. The first-order valence-corrected chi connectivity index (χ1v) is 15.2. The van der Waals surface area contributed by atoms with Crippen LogP contribution in [0.1, 0.15) is 37.8 Å². The van der Waals surface area contributed by atoms with Gasteiger partial charge in [-0.3, -0.25) is 9.59 Å². The molecular formula is C33H45N3O8. The summed E-state index contributed by atoms with van der Waals surface area (Å²) in [6.45, 7) is 8.54. The number of hydrogen-bond acceptors (Lipinski definition) is 8. The van der Waals surface area contributed by atoms with Crippen LogP contribution >= 0.6 is 0 Å². The lowest BCUT2D eigenvalue weighted by Crippen LogP contribution is -2.38. The van der Waals surface area contributed by atoms with Gasteiger partial charge in [-0.05, 0) is 33.6 Å². The Kier molecular flexibility index (Phi) is 12.1. The highest BCUT2D eigenvalue weighted by Crippen LogP contribution is 2.50. The van der Waals surface area contributed by atoms with Gasteiger partial charge >= 0.3 is 6.09 Å². The van der Waals surface area contributed by atoms with Crippen LogP contribution in [0.5, 0.6) is 0 Å². The number of fused-ring (bicyclic) bond motifs is 3. The van der Waals surface area contributed by atoms with Crippen LogP contribution in [0.4, 0.5) is 4.79 Å². The van der Waals surface area contributed by atoms with Crippen LogP contribution < -0.4 is 16.0 Å². The van der Waals surface area contributed by atoms with Gasteiger partial charge in [0, 0.05) is 24.9 Å². The maximum atomic E-state index is 12.2. The smallest absolute Gasteiger partial charge is 0.407 e. The van der Waals surface area contributed by atoms with Crippen LogP contribution in [0.2, 0.25) is 0 Å². The number of rotatable bonds is 17. The van der Waals surface area contributed by atoms with Crippen LogP contribution in [0.25, 0.3) is 11.1 Å². The van der Waals surface area contributed by atoms with Crippen molar-refractivity contribution in [1.82, 2.24) is 16.0 Å². The second-order valence-electron chi connectivity index (χ2n) is 12.2. The number of amides is 3. The average molecular weight is 612 g/mol. The van der Waals surface area contributed by atoms with Crippen molar-refractivity contribution in [1.29, 1.82) is 0 Å². The van der Waals surface area contributed by atoms with Crippen LogP contribution in [-0.4, -0.2) is 95.0 Å². The zero-order valence-electron chi connectivity index (χ0n) is 25.8. The van der Waals surface area contributed by atoms with Gasteiger partial charge in [0.15, 0.2) is 0 Å². The molecule has 0 saturated heterocycles. The van der Waals surface area contributed by atoms with Gasteiger partial charge in [0.05, 0.1) is 45.7 Å². The van der Waals surface area contributed by atoms with E-state index in [1.54, 1.807) is 0 Å². The number of alkyl carbamates (subject to hydrolysis) is 1. The largest absolute Gasteiger partial charge is 0.449 e. The molecule has 1 fully saturated rings. The van der Waals surface area contributed by atoms with Gasteiger partial charge in [0.2, 0.25) is 11.8 Å². The first-order valence-electron chi connectivity index (χ1n) is 15.2. The molecule has 0 spiro atoms. The number of aliphatic hydroxyl groups is 1. The minimum Gasteiger partial charge on any atom is -0.449 e. The Morgan fingerprint density at radius 2 is 1.32 bits per heavy atom. The third-order valence-electron chi connectivity index (χ3n) is 7.92. The van der Waals surface area contributed by atoms with Gasteiger partial charge in [-0.25, -0.2) is 4.79 Å². The third-order valence-corrected chi connectivity index (χ3v) is 7.92. The minimum absolute atomic E-state index is 0.0256. The fourth-order valence-electron chi connectivity index (χ4n) is 5.76. The first-order chi connectivity index (χ1) is 21.2. The van der Waals surface area contributed by atoms with E-state index >= 15 is 0 Å². The molecule has 0 radical (unpaired) electrons. The fourth-order valence-corrected chi connectivity index (χ4v) is 5.76. The molecule has 2 aromatic carbocycles. The highest BCUT2D eigenvalue weighted by molar-refractivity contribution is 5.82. The lowest BCUT2D eigenvalue weighted by atomic mass is 9.89. The van der Waals surface area contributed by atoms with E-state index in [1.165, 1.54) is 0 Å². The summed E-state index contributed by atoms with van der Waals surface area (Å²) in [7, 11) is 0. The Morgan fingerprint density at radius 3 is 1.89 bits per heavy atom. The van der Waals surface area contributed by atoms with Gasteiger partial charge in [-0.1, -0.05) is 69.3 Å². The molecule has 0 aromatic heterocycles. The molecule has 11 heteroatoms. The van der Waals surface area contributed by atoms with Gasteiger partial charge in [-0.15, -0.1) is 0 Å². The SMILES string of the molecule is CC(C)(C)C1C(O)C1COCC(=O)NCCOCCOCCNC(=O)CNC(=O)OCC1c2ccccc2-c2ccccc21. The monoisotopic (exact) mass is 611 g/mol. The normalized spacial score (nSPS) is 18.7. The number of ether oxygens (including phenoxy) is 4. The summed E-state index contributed by atoms with van der Waals surface area (Å²) in [6.07, 6.45) is -1.00. The van der Waals surface area contributed by atoms with Crippen molar-refractivity contribution in [2.45, 2.75) is 32.8 Å². The minimum atomic E-state index is -0.647. The lowest BCUT2D eigenvalue weighted by Gasteiger charge is -2.17. The Hall–Kier alpha value is -3.51. The van der Waals surface area contributed by atoms with Crippen LogP contribution in [-0.2, 0) is 28.5 Å². The first kappa shape index (κ1) is 33.4. The van der Waals surface area contributed by atoms with E-state index in [-0.39, 0.29) is 67.4 Å². The second-order valence-corrected chi connectivity index (χ2v) is 12.2. The molecule has 11 nitrogen and oxygen atoms in total. The molecule has 3 atom stereocenters. The molecule has 2 aliphatic rings. The highest BCUT2D eigenvalue weighted by atomic mass is 16.5. The third kappa shape index (κ3) is 9.49. The van der Waals surface area contributed by atoms with E-state index < -0.39 is 6.09 Å². The molecule has 2 aliphatic carbocycles. The number of aliphatic hydroxyl groups excluding tert-OH is 1. The maximum Gasteiger partial charge on any atom is 0.407 e. The Morgan fingerprint density at radius 1 is 0.750 bits per heavy atom. The van der Waals surface area contributed by atoms with Crippen LogP contribution in [0.15, 0.2) is 48.5 Å². The Balaban J connectivity index is 0.950. The predicted molar refractivity (Wildman–Crippen MR) is 164 cm³/mol. The summed E-state index contributed by atoms with van der Waals surface area (Å²) < 4.78 is 21.8. The topological polar surface area (TPSA) is 144 Å². The van der Waals surface area contributed by atoms with Crippen molar-refractivity contribution in [3.05, 3.63) is 59.7 Å².